The molecule has 1 amide bonds. The lowest BCUT2D eigenvalue weighted by Gasteiger charge is -2.29. The van der Waals surface area contributed by atoms with Gasteiger partial charge >= 0.3 is 5.97 Å². The first kappa shape index (κ1) is 22.2. The van der Waals surface area contributed by atoms with Crippen LogP contribution in [0.4, 0.5) is 0 Å². The Morgan fingerprint density at radius 3 is 2.45 bits per heavy atom. The SMILES string of the molecule is CC(=Cc1ccc(C(=O)OC(C)(C)C)cc1C(=O)N1CCc2ccccc2C1)[N+](=O)[O-]. The minimum atomic E-state index is -0.682. The molecule has 0 unspecified atom stereocenters. The lowest BCUT2D eigenvalue weighted by Crippen LogP contribution is -2.36. The van der Waals surface area contributed by atoms with Gasteiger partial charge in [-0.05, 0) is 56.0 Å². The van der Waals surface area contributed by atoms with Gasteiger partial charge in [0, 0.05) is 31.7 Å². The Balaban J connectivity index is 1.99. The van der Waals surface area contributed by atoms with Crippen LogP contribution in [0.3, 0.4) is 0 Å². The number of rotatable bonds is 4. The Labute approximate surface area is 181 Å². The van der Waals surface area contributed by atoms with Crippen molar-refractivity contribution in [3.8, 4) is 0 Å². The van der Waals surface area contributed by atoms with Crippen molar-refractivity contribution in [1.82, 2.24) is 4.90 Å². The van der Waals surface area contributed by atoms with E-state index in [-0.39, 0.29) is 22.7 Å². The maximum Gasteiger partial charge on any atom is 0.338 e. The molecule has 1 heterocycles. The number of amides is 1. The van der Waals surface area contributed by atoms with Crippen LogP contribution in [0.25, 0.3) is 6.08 Å². The number of benzene rings is 2. The van der Waals surface area contributed by atoms with E-state index >= 15 is 0 Å². The third kappa shape index (κ3) is 5.36. The molecule has 0 saturated heterocycles. The first-order valence-electron chi connectivity index (χ1n) is 10.1. The second kappa shape index (κ2) is 8.71. The number of hydrogen-bond donors (Lipinski definition) is 0. The number of fused-ring (bicyclic) bond motifs is 1. The molecule has 162 valence electrons. The average Bonchev–Trinajstić information content (AvgIpc) is 2.71. The predicted octanol–water partition coefficient (Wildman–Crippen LogP) is 4.48. The lowest BCUT2D eigenvalue weighted by atomic mass is 9.97. The molecule has 31 heavy (non-hydrogen) atoms. The van der Waals surface area contributed by atoms with Crippen molar-refractivity contribution >= 4 is 18.0 Å². The van der Waals surface area contributed by atoms with Gasteiger partial charge in [-0.25, -0.2) is 4.79 Å². The molecule has 2 aromatic rings. The van der Waals surface area contributed by atoms with Crippen LogP contribution < -0.4 is 0 Å². The van der Waals surface area contributed by atoms with Crippen molar-refractivity contribution in [3.05, 3.63) is 86.1 Å². The summed E-state index contributed by atoms with van der Waals surface area (Å²) in [5, 5.41) is 11.1. The van der Waals surface area contributed by atoms with Crippen LogP contribution >= 0.6 is 0 Å². The fourth-order valence-electron chi connectivity index (χ4n) is 3.45. The summed E-state index contributed by atoms with van der Waals surface area (Å²) in [4.78, 5) is 38.3. The van der Waals surface area contributed by atoms with E-state index in [4.69, 9.17) is 4.74 Å². The summed E-state index contributed by atoms with van der Waals surface area (Å²) in [7, 11) is 0. The van der Waals surface area contributed by atoms with Crippen LogP contribution in [0.15, 0.2) is 48.2 Å². The molecule has 0 saturated carbocycles. The van der Waals surface area contributed by atoms with Gasteiger partial charge in [0.2, 0.25) is 5.70 Å². The molecule has 7 heteroatoms. The van der Waals surface area contributed by atoms with Crippen LogP contribution in [0, 0.1) is 10.1 Å². The number of allylic oxidation sites excluding steroid dienone is 1. The maximum absolute atomic E-state index is 13.4. The molecule has 0 bridgehead atoms. The molecule has 0 fully saturated rings. The monoisotopic (exact) mass is 422 g/mol. The van der Waals surface area contributed by atoms with Crippen LogP contribution in [0.5, 0.6) is 0 Å². The molecular formula is C24H26N2O5. The zero-order valence-corrected chi connectivity index (χ0v) is 18.2. The highest BCUT2D eigenvalue weighted by molar-refractivity contribution is 6.01. The number of carbonyl (C=O) groups excluding carboxylic acids is 2. The first-order chi connectivity index (χ1) is 14.5. The molecule has 0 spiro atoms. The fraction of sp³-hybridized carbons (Fsp3) is 0.333. The quantitative estimate of drug-likeness (QED) is 0.412. The van der Waals surface area contributed by atoms with Crippen molar-refractivity contribution < 1.29 is 19.2 Å². The molecule has 0 atom stereocenters. The summed E-state index contributed by atoms with van der Waals surface area (Å²) in [5.41, 5.74) is 2.37. The molecule has 0 aliphatic carbocycles. The second-order valence-corrected chi connectivity index (χ2v) is 8.59. The largest absolute Gasteiger partial charge is 0.456 e. The molecule has 3 rings (SSSR count). The normalized spacial score (nSPS) is 14.1. The molecule has 0 aromatic heterocycles. The van der Waals surface area contributed by atoms with Crippen molar-refractivity contribution in [2.45, 2.75) is 46.3 Å². The van der Waals surface area contributed by atoms with Gasteiger partial charge in [0.15, 0.2) is 0 Å². The summed E-state index contributed by atoms with van der Waals surface area (Å²) in [6.07, 6.45) is 2.08. The number of carbonyl (C=O) groups is 2. The minimum Gasteiger partial charge on any atom is -0.456 e. The van der Waals surface area contributed by atoms with Crippen LogP contribution in [-0.2, 0) is 17.7 Å². The van der Waals surface area contributed by atoms with E-state index in [0.717, 1.165) is 12.0 Å². The smallest absolute Gasteiger partial charge is 0.338 e. The van der Waals surface area contributed by atoms with Gasteiger partial charge in [0.25, 0.3) is 5.91 Å². The van der Waals surface area contributed by atoms with E-state index < -0.39 is 16.5 Å². The first-order valence-corrected chi connectivity index (χ1v) is 10.1. The Bertz CT molecular complexity index is 1070. The number of nitro groups is 1. The lowest BCUT2D eigenvalue weighted by molar-refractivity contribution is -0.422. The molecule has 2 aromatic carbocycles. The van der Waals surface area contributed by atoms with Crippen LogP contribution in [-0.4, -0.2) is 33.8 Å². The maximum atomic E-state index is 13.4. The van der Waals surface area contributed by atoms with Crippen molar-refractivity contribution in [3.63, 3.8) is 0 Å². The number of esters is 1. The van der Waals surface area contributed by atoms with Crippen LogP contribution in [0.2, 0.25) is 0 Å². The zero-order chi connectivity index (χ0) is 22.8. The highest BCUT2D eigenvalue weighted by Gasteiger charge is 2.26. The third-order valence-electron chi connectivity index (χ3n) is 4.99. The van der Waals surface area contributed by atoms with E-state index in [2.05, 4.69) is 6.07 Å². The number of hydrogen-bond acceptors (Lipinski definition) is 5. The topological polar surface area (TPSA) is 89.8 Å². The van der Waals surface area contributed by atoms with Crippen molar-refractivity contribution in [2.24, 2.45) is 0 Å². The molecule has 1 aliphatic rings. The molecular weight excluding hydrogens is 396 g/mol. The highest BCUT2D eigenvalue weighted by Crippen LogP contribution is 2.24. The standard InChI is InChI=1S/C24H26N2O5/c1-16(26(29)30)13-18-9-10-19(23(28)31-24(2,3)4)14-21(18)22(27)25-12-11-17-7-5-6-8-20(17)15-25/h5-10,13-14H,11-12,15H2,1-4H3. The zero-order valence-electron chi connectivity index (χ0n) is 18.2. The fourth-order valence-corrected chi connectivity index (χ4v) is 3.45. The van der Waals surface area contributed by atoms with Crippen LogP contribution in [0.1, 0.15) is 65.1 Å². The van der Waals surface area contributed by atoms with Gasteiger partial charge in [-0.15, -0.1) is 0 Å². The Morgan fingerprint density at radius 2 is 1.81 bits per heavy atom. The second-order valence-electron chi connectivity index (χ2n) is 8.59. The summed E-state index contributed by atoms with van der Waals surface area (Å²) in [6, 6.07) is 12.5. The van der Waals surface area contributed by atoms with Gasteiger partial charge in [0.1, 0.15) is 5.60 Å². The average molecular weight is 422 g/mol. The van der Waals surface area contributed by atoms with E-state index in [1.165, 1.54) is 30.7 Å². The van der Waals surface area contributed by atoms with E-state index in [1.54, 1.807) is 31.7 Å². The minimum absolute atomic E-state index is 0.0944. The van der Waals surface area contributed by atoms with Gasteiger partial charge in [-0.3, -0.25) is 14.9 Å². The Morgan fingerprint density at radius 1 is 1.13 bits per heavy atom. The van der Waals surface area contributed by atoms with Gasteiger partial charge in [-0.1, -0.05) is 30.3 Å². The predicted molar refractivity (Wildman–Crippen MR) is 117 cm³/mol. The Kier molecular flexibility index (Phi) is 6.24. The van der Waals surface area contributed by atoms with Gasteiger partial charge in [-0.2, -0.15) is 0 Å². The van der Waals surface area contributed by atoms with Crippen molar-refractivity contribution in [2.75, 3.05) is 6.54 Å². The third-order valence-corrected chi connectivity index (χ3v) is 4.99. The summed E-state index contributed by atoms with van der Waals surface area (Å²) in [5.74, 6) is -0.825. The van der Waals surface area contributed by atoms with E-state index in [1.807, 2.05) is 18.2 Å². The summed E-state index contributed by atoms with van der Waals surface area (Å²) >= 11 is 0. The van der Waals surface area contributed by atoms with Crippen molar-refractivity contribution in [1.29, 1.82) is 0 Å². The van der Waals surface area contributed by atoms with Gasteiger partial charge < -0.3 is 9.64 Å². The molecule has 0 radical (unpaired) electrons. The number of nitrogens with zero attached hydrogens (tertiary/aromatic N) is 2. The Hall–Kier alpha value is -3.48. The van der Waals surface area contributed by atoms with E-state index in [0.29, 0.717) is 18.7 Å². The highest BCUT2D eigenvalue weighted by atomic mass is 16.6. The molecule has 7 nitrogen and oxygen atoms in total. The molecule has 1 aliphatic heterocycles. The summed E-state index contributed by atoms with van der Waals surface area (Å²) in [6.45, 7) is 7.64. The summed E-state index contributed by atoms with van der Waals surface area (Å²) < 4.78 is 5.42. The van der Waals surface area contributed by atoms with Gasteiger partial charge in [0.05, 0.1) is 10.5 Å². The van der Waals surface area contributed by atoms with E-state index in [9.17, 15) is 19.7 Å². The number of ether oxygens (including phenoxy) is 1. The molecule has 0 N–H and O–H groups in total.